The highest BCUT2D eigenvalue weighted by Gasteiger charge is 2.30. The van der Waals surface area contributed by atoms with Crippen LogP contribution < -0.4 is 10.7 Å². The normalized spacial score (nSPS) is 13.3. The van der Waals surface area contributed by atoms with Crippen molar-refractivity contribution in [3.05, 3.63) is 93.8 Å². The molecule has 7 nitrogen and oxygen atoms in total. The first-order valence-corrected chi connectivity index (χ1v) is 11.5. The molecule has 0 spiro atoms. The molecule has 0 aliphatic carbocycles. The minimum Gasteiger partial charge on any atom is -0.334 e. The average molecular weight is 493 g/mol. The molecule has 5 rings (SSSR count). The Balaban J connectivity index is 1.38. The van der Waals surface area contributed by atoms with Gasteiger partial charge in [-0.25, -0.2) is 9.67 Å². The number of aryl methyl sites for hydroxylation is 3. The van der Waals surface area contributed by atoms with Crippen LogP contribution in [0.15, 0.2) is 65.6 Å². The van der Waals surface area contributed by atoms with E-state index in [1.165, 1.54) is 25.1 Å². The van der Waals surface area contributed by atoms with Crippen LogP contribution in [-0.2, 0) is 19.1 Å². The van der Waals surface area contributed by atoms with Crippen LogP contribution in [0.5, 0.6) is 0 Å². The number of rotatable bonds is 4. The molecule has 4 aromatic rings. The molecule has 0 saturated heterocycles. The molecule has 3 heterocycles. The fraction of sp³-hybridized carbons (Fsp3) is 0.231. The van der Waals surface area contributed by atoms with Crippen LogP contribution in [0.3, 0.4) is 0 Å². The van der Waals surface area contributed by atoms with Gasteiger partial charge in [0.15, 0.2) is 5.69 Å². The molecule has 1 amide bonds. The van der Waals surface area contributed by atoms with Crippen molar-refractivity contribution < 1.29 is 18.0 Å². The van der Waals surface area contributed by atoms with Crippen LogP contribution in [-0.4, -0.2) is 25.2 Å². The largest absolute Gasteiger partial charge is 0.416 e. The minimum absolute atomic E-state index is 0.0866. The smallest absolute Gasteiger partial charge is 0.334 e. The maximum atomic E-state index is 13.1. The highest BCUT2D eigenvalue weighted by molar-refractivity contribution is 6.02. The van der Waals surface area contributed by atoms with Crippen molar-refractivity contribution >= 4 is 11.6 Å². The molecule has 2 aromatic carbocycles. The topological polar surface area (TPSA) is 81.8 Å². The van der Waals surface area contributed by atoms with Crippen molar-refractivity contribution in [2.75, 3.05) is 5.32 Å². The number of nitrogens with zero attached hydrogens (tertiary/aromatic N) is 4. The Bertz CT molecular complexity index is 1480. The maximum absolute atomic E-state index is 13.1. The maximum Gasteiger partial charge on any atom is 0.416 e. The third-order valence-electron chi connectivity index (χ3n) is 6.09. The molecular formula is C26H22F3N5O2. The van der Waals surface area contributed by atoms with Crippen molar-refractivity contribution in [1.29, 1.82) is 0 Å². The Labute approximate surface area is 204 Å². The van der Waals surface area contributed by atoms with Crippen molar-refractivity contribution in [3.63, 3.8) is 0 Å². The molecule has 0 radical (unpaired) electrons. The van der Waals surface area contributed by atoms with Gasteiger partial charge in [0.2, 0.25) is 5.43 Å². The van der Waals surface area contributed by atoms with E-state index in [4.69, 9.17) is 0 Å². The molecular weight excluding hydrogens is 471 g/mol. The van der Waals surface area contributed by atoms with Gasteiger partial charge in [-0.15, -0.1) is 0 Å². The van der Waals surface area contributed by atoms with Crippen molar-refractivity contribution in [2.45, 2.75) is 38.9 Å². The van der Waals surface area contributed by atoms with Gasteiger partial charge in [0.25, 0.3) is 5.91 Å². The lowest BCUT2D eigenvalue weighted by Crippen LogP contribution is -2.27. The molecule has 184 valence electrons. The second kappa shape index (κ2) is 9.10. The number of fused-ring (bicyclic) bond motifs is 1. The third-order valence-corrected chi connectivity index (χ3v) is 6.09. The number of halogens is 3. The van der Waals surface area contributed by atoms with Crippen LogP contribution in [0.4, 0.5) is 18.9 Å². The Morgan fingerprint density at radius 2 is 1.83 bits per heavy atom. The molecule has 0 saturated carbocycles. The number of nitrogens with one attached hydrogen (secondary N) is 1. The molecule has 0 fully saturated rings. The summed E-state index contributed by atoms with van der Waals surface area (Å²) in [5, 5.41) is 6.72. The van der Waals surface area contributed by atoms with Gasteiger partial charge in [-0.05, 0) is 50.1 Å². The van der Waals surface area contributed by atoms with Crippen LogP contribution in [0.25, 0.3) is 16.9 Å². The van der Waals surface area contributed by atoms with Gasteiger partial charge in [-0.3, -0.25) is 9.59 Å². The zero-order valence-corrected chi connectivity index (χ0v) is 19.3. The second-order valence-corrected chi connectivity index (χ2v) is 8.68. The standard InChI is InChI=1S/C26H22F3N5O2/c1-16-13-22(35)24(32-34(16)20-6-4-5-18(14-20)26(27,28)29)25(36)30-19-10-8-17(9-11-19)21-15-33-12-3-2-7-23(33)31-21/h4-6,8-11,13-15H,2-3,7,12H2,1H3,(H,30,36). The Morgan fingerprint density at radius 3 is 2.56 bits per heavy atom. The molecule has 0 atom stereocenters. The highest BCUT2D eigenvalue weighted by atomic mass is 19.4. The van der Waals surface area contributed by atoms with Gasteiger partial charge in [-0.1, -0.05) is 18.2 Å². The summed E-state index contributed by atoms with van der Waals surface area (Å²) in [5.74, 6) is 0.307. The van der Waals surface area contributed by atoms with E-state index in [1.807, 2.05) is 18.3 Å². The number of carbonyl (C=O) groups excluding carboxylic acids is 1. The van der Waals surface area contributed by atoms with E-state index in [1.54, 1.807) is 12.1 Å². The fourth-order valence-electron chi connectivity index (χ4n) is 4.25. The van der Waals surface area contributed by atoms with E-state index in [9.17, 15) is 22.8 Å². The number of benzene rings is 2. The van der Waals surface area contributed by atoms with Gasteiger partial charge in [0.05, 0.1) is 16.9 Å². The van der Waals surface area contributed by atoms with E-state index in [-0.39, 0.29) is 5.69 Å². The summed E-state index contributed by atoms with van der Waals surface area (Å²) in [6.45, 7) is 2.49. The van der Waals surface area contributed by atoms with Crippen molar-refractivity contribution in [3.8, 4) is 16.9 Å². The SMILES string of the molecule is Cc1cc(=O)c(C(=O)Nc2ccc(-c3cn4c(n3)CCCC4)cc2)nn1-c1cccc(C(F)(F)F)c1. The number of aromatic nitrogens is 4. The molecule has 1 aliphatic rings. The summed E-state index contributed by atoms with van der Waals surface area (Å²) in [4.78, 5) is 30.0. The van der Waals surface area contributed by atoms with Crippen LogP contribution >= 0.6 is 0 Å². The Hall–Kier alpha value is -4.21. The summed E-state index contributed by atoms with van der Waals surface area (Å²) in [6, 6.07) is 12.8. The number of amides is 1. The van der Waals surface area contributed by atoms with Gasteiger partial charge in [-0.2, -0.15) is 18.3 Å². The second-order valence-electron chi connectivity index (χ2n) is 8.68. The molecule has 0 unspecified atom stereocenters. The van der Waals surface area contributed by atoms with E-state index in [0.717, 1.165) is 59.7 Å². The number of anilines is 1. The number of imidazole rings is 1. The van der Waals surface area contributed by atoms with E-state index in [2.05, 4.69) is 20.0 Å². The Kier molecular flexibility index (Phi) is 5.95. The summed E-state index contributed by atoms with van der Waals surface area (Å²) in [5.41, 5.74) is 0.665. The summed E-state index contributed by atoms with van der Waals surface area (Å²) in [7, 11) is 0. The molecule has 10 heteroatoms. The van der Waals surface area contributed by atoms with Crippen molar-refractivity contribution in [2.24, 2.45) is 0 Å². The quantitative estimate of drug-likeness (QED) is 0.433. The minimum atomic E-state index is -4.54. The lowest BCUT2D eigenvalue weighted by Gasteiger charge is -2.13. The van der Waals surface area contributed by atoms with E-state index < -0.39 is 28.8 Å². The molecule has 1 aliphatic heterocycles. The summed E-state index contributed by atoms with van der Waals surface area (Å²) < 4.78 is 42.7. The first kappa shape index (κ1) is 23.5. The predicted molar refractivity (Wildman–Crippen MR) is 128 cm³/mol. The van der Waals surface area contributed by atoms with Gasteiger partial charge >= 0.3 is 6.18 Å². The molecule has 36 heavy (non-hydrogen) atoms. The number of alkyl halides is 3. The summed E-state index contributed by atoms with van der Waals surface area (Å²) >= 11 is 0. The molecule has 2 aromatic heterocycles. The lowest BCUT2D eigenvalue weighted by molar-refractivity contribution is -0.137. The van der Waals surface area contributed by atoms with E-state index >= 15 is 0 Å². The first-order chi connectivity index (χ1) is 17.2. The number of carbonyl (C=O) groups is 1. The van der Waals surface area contributed by atoms with Crippen LogP contribution in [0.1, 0.15) is 40.4 Å². The van der Waals surface area contributed by atoms with Gasteiger partial charge in [0, 0.05) is 42.2 Å². The first-order valence-electron chi connectivity index (χ1n) is 11.5. The van der Waals surface area contributed by atoms with E-state index in [0.29, 0.717) is 11.4 Å². The Morgan fingerprint density at radius 1 is 1.06 bits per heavy atom. The zero-order valence-electron chi connectivity index (χ0n) is 19.3. The van der Waals surface area contributed by atoms with Crippen LogP contribution in [0, 0.1) is 6.92 Å². The van der Waals surface area contributed by atoms with Gasteiger partial charge in [0.1, 0.15) is 5.82 Å². The average Bonchev–Trinajstić information content (AvgIpc) is 3.28. The van der Waals surface area contributed by atoms with Crippen LogP contribution in [0.2, 0.25) is 0 Å². The third kappa shape index (κ3) is 4.66. The number of hydrogen-bond donors (Lipinski definition) is 1. The zero-order chi connectivity index (χ0) is 25.4. The van der Waals surface area contributed by atoms with Gasteiger partial charge < -0.3 is 9.88 Å². The number of hydrogen-bond acceptors (Lipinski definition) is 4. The van der Waals surface area contributed by atoms with Crippen molar-refractivity contribution in [1.82, 2.24) is 19.3 Å². The monoisotopic (exact) mass is 493 g/mol. The summed E-state index contributed by atoms with van der Waals surface area (Å²) in [6.07, 6.45) is 0.704. The molecule has 1 N–H and O–H groups in total. The predicted octanol–water partition coefficient (Wildman–Crippen LogP) is 5.01. The lowest BCUT2D eigenvalue weighted by atomic mass is 10.1. The fourth-order valence-corrected chi connectivity index (χ4v) is 4.25. The molecule has 0 bridgehead atoms. The highest BCUT2D eigenvalue weighted by Crippen LogP contribution is 2.30.